The minimum absolute atomic E-state index is 0.0616. The fourth-order valence-electron chi connectivity index (χ4n) is 5.43. The van der Waals surface area contributed by atoms with Crippen LogP contribution in [0.15, 0.2) is 0 Å². The molecule has 3 aliphatic heterocycles. The molecule has 33 heavy (non-hydrogen) atoms. The van der Waals surface area contributed by atoms with Gasteiger partial charge < -0.3 is 16.0 Å². The summed E-state index contributed by atoms with van der Waals surface area (Å²) in [5, 5.41) is 10.3. The summed E-state index contributed by atoms with van der Waals surface area (Å²) in [6, 6.07) is 0.260. The normalized spacial score (nSPS) is 37.7. The number of nitrogens with zero attached hydrogens (tertiary/aromatic N) is 1. The van der Waals surface area contributed by atoms with Crippen molar-refractivity contribution in [3.8, 4) is 0 Å². The fourth-order valence-corrected chi connectivity index (χ4v) is 6.26. The molecule has 7 atom stereocenters. The first-order valence-corrected chi connectivity index (χ1v) is 12.6. The smallest absolute Gasteiger partial charge is 0.352 e. The summed E-state index contributed by atoms with van der Waals surface area (Å²) < 4.78 is 39.2. The second-order valence-corrected chi connectivity index (χ2v) is 10.8. The SMILES string of the molecule is CC(C)N1NCC2CC(NC(=O)C3NNSC3NC(=O)C3CNCC(C(F)(F)F)C3)CCC21. The predicted molar refractivity (Wildman–Crippen MR) is 118 cm³/mol. The van der Waals surface area contributed by atoms with Crippen molar-refractivity contribution in [3.05, 3.63) is 0 Å². The lowest BCUT2D eigenvalue weighted by atomic mass is 9.82. The van der Waals surface area contributed by atoms with Gasteiger partial charge in [-0.1, -0.05) is 0 Å². The number of alkyl halides is 3. The summed E-state index contributed by atoms with van der Waals surface area (Å²) >= 11 is 1.15. The summed E-state index contributed by atoms with van der Waals surface area (Å²) in [4.78, 5) is 28.4. The van der Waals surface area contributed by atoms with Crippen LogP contribution in [-0.2, 0) is 9.59 Å². The molecule has 1 saturated carbocycles. The van der Waals surface area contributed by atoms with Crippen LogP contribution < -0.4 is 31.6 Å². The molecular formula is C20H34F3N7O2S. The molecule has 1 aliphatic carbocycles. The van der Waals surface area contributed by atoms with Crippen LogP contribution >= 0.6 is 11.9 Å². The lowest BCUT2D eigenvalue weighted by molar-refractivity contribution is -0.182. The Morgan fingerprint density at radius 1 is 1.06 bits per heavy atom. The van der Waals surface area contributed by atoms with Gasteiger partial charge in [-0.2, -0.15) is 18.0 Å². The van der Waals surface area contributed by atoms with Gasteiger partial charge in [-0.15, -0.1) is 0 Å². The van der Waals surface area contributed by atoms with Gasteiger partial charge >= 0.3 is 6.18 Å². The molecule has 0 aromatic heterocycles. The fraction of sp³-hybridized carbons (Fsp3) is 0.900. The van der Waals surface area contributed by atoms with Crippen molar-refractivity contribution < 1.29 is 22.8 Å². The number of fused-ring (bicyclic) bond motifs is 1. The van der Waals surface area contributed by atoms with Gasteiger partial charge in [-0.05, 0) is 57.4 Å². The summed E-state index contributed by atoms with van der Waals surface area (Å²) in [6.07, 6.45) is -1.80. The van der Waals surface area contributed by atoms with E-state index in [0.717, 1.165) is 37.8 Å². The van der Waals surface area contributed by atoms with Crippen molar-refractivity contribution in [2.24, 2.45) is 17.8 Å². The molecule has 188 valence electrons. The van der Waals surface area contributed by atoms with Gasteiger partial charge in [0.1, 0.15) is 11.4 Å². The van der Waals surface area contributed by atoms with E-state index in [0.29, 0.717) is 18.0 Å². The molecule has 9 nitrogen and oxygen atoms in total. The molecule has 3 heterocycles. The predicted octanol–water partition coefficient (Wildman–Crippen LogP) is 0.223. The largest absolute Gasteiger partial charge is 0.393 e. The molecule has 0 aromatic carbocycles. The van der Waals surface area contributed by atoms with E-state index in [2.05, 4.69) is 50.5 Å². The van der Waals surface area contributed by atoms with Crippen molar-refractivity contribution in [1.29, 1.82) is 0 Å². The molecule has 2 amide bonds. The molecule has 4 rings (SSSR count). The Kier molecular flexibility index (Phi) is 7.76. The Bertz CT molecular complexity index is 728. The maximum absolute atomic E-state index is 13.1. The van der Waals surface area contributed by atoms with E-state index in [1.54, 1.807) is 0 Å². The highest BCUT2D eigenvalue weighted by atomic mass is 32.2. The molecule has 0 bridgehead atoms. The molecule has 7 unspecified atom stereocenters. The first-order chi connectivity index (χ1) is 15.6. The van der Waals surface area contributed by atoms with Crippen LogP contribution in [0.4, 0.5) is 13.2 Å². The number of piperidine rings is 1. The Labute approximate surface area is 196 Å². The Balaban J connectivity index is 1.28. The van der Waals surface area contributed by atoms with Gasteiger partial charge in [0.2, 0.25) is 11.8 Å². The van der Waals surface area contributed by atoms with Crippen molar-refractivity contribution in [1.82, 2.24) is 36.6 Å². The van der Waals surface area contributed by atoms with Crippen LogP contribution in [0.2, 0.25) is 0 Å². The Morgan fingerprint density at radius 2 is 1.85 bits per heavy atom. The van der Waals surface area contributed by atoms with Crippen molar-refractivity contribution >= 4 is 23.8 Å². The van der Waals surface area contributed by atoms with E-state index < -0.39 is 35.3 Å². The lowest BCUT2D eigenvalue weighted by Crippen LogP contribution is -2.57. The third kappa shape index (κ3) is 5.76. The molecule has 4 fully saturated rings. The van der Waals surface area contributed by atoms with E-state index in [4.69, 9.17) is 0 Å². The number of rotatable bonds is 5. The molecule has 4 aliphatic rings. The summed E-state index contributed by atoms with van der Waals surface area (Å²) in [6.45, 7) is 5.26. The standard InChI is InChI=1S/C20H34F3N7O2S/c1-10(2)30-15-4-3-14(6-11(15)8-25-30)26-18(32)16-19(33-29-28-16)27-17(31)12-5-13(9-24-7-12)20(21,22)23/h10-16,19,24-25,28-29H,3-9H2,1-2H3,(H,26,32)(H,27,31). The van der Waals surface area contributed by atoms with Gasteiger partial charge in [0.05, 0.1) is 11.8 Å². The van der Waals surface area contributed by atoms with Crippen LogP contribution in [0.3, 0.4) is 0 Å². The third-order valence-corrected chi connectivity index (χ3v) is 8.07. The Hall–Kier alpha value is -1.12. The van der Waals surface area contributed by atoms with E-state index in [1.807, 2.05) is 0 Å². The highest BCUT2D eigenvalue weighted by Crippen LogP contribution is 2.34. The summed E-state index contributed by atoms with van der Waals surface area (Å²) in [7, 11) is 0. The van der Waals surface area contributed by atoms with Gasteiger partial charge in [-0.3, -0.25) is 15.0 Å². The second-order valence-electron chi connectivity index (χ2n) is 9.81. The average molecular weight is 494 g/mol. The minimum Gasteiger partial charge on any atom is -0.352 e. The second kappa shape index (κ2) is 10.2. The number of nitrogens with one attached hydrogen (secondary N) is 6. The van der Waals surface area contributed by atoms with E-state index in [1.165, 1.54) is 0 Å². The quantitative estimate of drug-likeness (QED) is 0.302. The molecule has 0 spiro atoms. The molecule has 0 aromatic rings. The van der Waals surface area contributed by atoms with Crippen LogP contribution in [0.25, 0.3) is 0 Å². The van der Waals surface area contributed by atoms with E-state index >= 15 is 0 Å². The summed E-state index contributed by atoms with van der Waals surface area (Å²) in [5.41, 5.74) is 6.35. The van der Waals surface area contributed by atoms with Crippen LogP contribution in [-0.4, -0.2) is 72.2 Å². The van der Waals surface area contributed by atoms with Crippen LogP contribution in [0.5, 0.6) is 0 Å². The van der Waals surface area contributed by atoms with Crippen LogP contribution in [0, 0.1) is 17.8 Å². The molecule has 6 N–H and O–H groups in total. The maximum Gasteiger partial charge on any atom is 0.393 e. The van der Waals surface area contributed by atoms with Crippen molar-refractivity contribution in [2.75, 3.05) is 19.6 Å². The van der Waals surface area contributed by atoms with Gasteiger partial charge in [0, 0.05) is 37.8 Å². The number of hydrazine groups is 2. The molecule has 3 saturated heterocycles. The highest BCUT2D eigenvalue weighted by molar-refractivity contribution is 7.98. The lowest BCUT2D eigenvalue weighted by Gasteiger charge is -2.37. The maximum atomic E-state index is 13.1. The van der Waals surface area contributed by atoms with Crippen molar-refractivity contribution in [3.63, 3.8) is 0 Å². The summed E-state index contributed by atoms with van der Waals surface area (Å²) in [5.74, 6) is -2.54. The van der Waals surface area contributed by atoms with Crippen molar-refractivity contribution in [2.45, 2.75) is 75.2 Å². The van der Waals surface area contributed by atoms with Gasteiger partial charge in [-0.25, -0.2) is 10.4 Å². The third-order valence-electron chi connectivity index (χ3n) is 7.19. The molecule has 0 radical (unpaired) electrons. The number of amides is 2. The Morgan fingerprint density at radius 3 is 2.58 bits per heavy atom. The number of carbonyl (C=O) groups excluding carboxylic acids is 2. The van der Waals surface area contributed by atoms with E-state index in [-0.39, 0.29) is 31.5 Å². The zero-order chi connectivity index (χ0) is 23.8. The molecular weight excluding hydrogens is 459 g/mol. The van der Waals surface area contributed by atoms with Gasteiger partial charge in [0.25, 0.3) is 0 Å². The van der Waals surface area contributed by atoms with Crippen LogP contribution in [0.1, 0.15) is 39.5 Å². The number of carbonyl (C=O) groups is 2. The number of hydrogen-bond donors (Lipinski definition) is 6. The zero-order valence-electron chi connectivity index (χ0n) is 18.9. The minimum atomic E-state index is -4.33. The average Bonchev–Trinajstić information content (AvgIpc) is 3.40. The number of halogens is 3. The first-order valence-electron chi connectivity index (χ1n) is 11.7. The van der Waals surface area contributed by atoms with E-state index in [9.17, 15) is 22.8 Å². The molecule has 13 heteroatoms. The highest BCUT2D eigenvalue weighted by Gasteiger charge is 2.45. The first kappa shape index (κ1) is 25.0. The zero-order valence-corrected chi connectivity index (χ0v) is 19.7. The van der Waals surface area contributed by atoms with Gasteiger partial charge in [0.15, 0.2) is 0 Å². The number of hydrogen-bond acceptors (Lipinski definition) is 8. The topological polar surface area (TPSA) is 110 Å². The monoisotopic (exact) mass is 493 g/mol.